The minimum Gasteiger partial charge on any atom is -0.494 e. The van der Waals surface area contributed by atoms with Crippen LogP contribution in [0, 0.1) is 6.92 Å². The normalized spacial score (nSPS) is 10.7. The maximum atomic E-state index is 13.8. The maximum Gasteiger partial charge on any atom is 0.260 e. The molecule has 2 aromatic carbocycles. The Labute approximate surface area is 210 Å². The fourth-order valence-corrected chi connectivity index (χ4v) is 4.64. The van der Waals surface area contributed by atoms with Gasteiger partial charge >= 0.3 is 0 Å². The molecule has 8 nitrogen and oxygen atoms in total. The molecule has 1 amide bonds. The average molecular weight is 510 g/mol. The summed E-state index contributed by atoms with van der Waals surface area (Å²) < 4.78 is 22.8. The summed E-state index contributed by atoms with van der Waals surface area (Å²) >= 11 is 1.48. The van der Waals surface area contributed by atoms with E-state index in [1.165, 1.54) is 32.7 Å². The SMILES string of the molecule is COc1cc(C(=O)N(CCCN(C)C)c2nc3c(OC)ccc(C)c3s2)cc(OC)c1OC.Cl. The van der Waals surface area contributed by atoms with Gasteiger partial charge in [0, 0.05) is 12.1 Å². The molecule has 0 unspecified atom stereocenters. The lowest BCUT2D eigenvalue weighted by molar-refractivity contribution is 0.0985. The van der Waals surface area contributed by atoms with Gasteiger partial charge in [-0.1, -0.05) is 17.4 Å². The third-order valence-electron chi connectivity index (χ3n) is 5.29. The summed E-state index contributed by atoms with van der Waals surface area (Å²) in [7, 11) is 10.2. The molecular formula is C24H32ClN3O5S. The van der Waals surface area contributed by atoms with Crippen molar-refractivity contribution in [3.63, 3.8) is 0 Å². The molecule has 10 heteroatoms. The third-order valence-corrected chi connectivity index (χ3v) is 6.50. The Morgan fingerprint density at radius 1 is 0.941 bits per heavy atom. The van der Waals surface area contributed by atoms with Gasteiger partial charge in [0.15, 0.2) is 16.6 Å². The van der Waals surface area contributed by atoms with Gasteiger partial charge in [-0.2, -0.15) is 0 Å². The van der Waals surface area contributed by atoms with Crippen molar-refractivity contribution in [1.29, 1.82) is 0 Å². The van der Waals surface area contributed by atoms with E-state index in [-0.39, 0.29) is 18.3 Å². The Bertz CT molecular complexity index is 1110. The molecule has 0 bridgehead atoms. The molecular weight excluding hydrogens is 478 g/mol. The van der Waals surface area contributed by atoms with Gasteiger partial charge in [-0.15, -0.1) is 12.4 Å². The van der Waals surface area contributed by atoms with Gasteiger partial charge < -0.3 is 23.8 Å². The van der Waals surface area contributed by atoms with E-state index in [4.69, 9.17) is 23.9 Å². The first-order chi connectivity index (χ1) is 15.8. The number of halogens is 1. The Balaban J connectivity index is 0.00000408. The number of carbonyl (C=O) groups is 1. The van der Waals surface area contributed by atoms with Crippen LogP contribution in [0.3, 0.4) is 0 Å². The zero-order valence-corrected chi connectivity index (χ0v) is 22.3. The molecule has 0 saturated carbocycles. The minimum absolute atomic E-state index is 0. The average Bonchev–Trinajstić information content (AvgIpc) is 3.26. The number of aryl methyl sites for hydroxylation is 1. The van der Waals surface area contributed by atoms with Gasteiger partial charge in [-0.3, -0.25) is 9.69 Å². The molecule has 0 aliphatic carbocycles. The van der Waals surface area contributed by atoms with E-state index in [9.17, 15) is 4.79 Å². The van der Waals surface area contributed by atoms with Crippen molar-refractivity contribution in [1.82, 2.24) is 9.88 Å². The molecule has 0 fully saturated rings. The fraction of sp³-hybridized carbons (Fsp3) is 0.417. The Morgan fingerprint density at radius 2 is 1.56 bits per heavy atom. The quantitative estimate of drug-likeness (QED) is 0.393. The second-order valence-electron chi connectivity index (χ2n) is 7.79. The molecule has 0 aliphatic heterocycles. The van der Waals surface area contributed by atoms with Crippen LogP contribution in [0.25, 0.3) is 10.2 Å². The molecule has 0 radical (unpaired) electrons. The molecule has 0 atom stereocenters. The number of amides is 1. The maximum absolute atomic E-state index is 13.8. The van der Waals surface area contributed by atoms with Gasteiger partial charge in [0.05, 0.1) is 33.1 Å². The minimum atomic E-state index is -0.191. The highest BCUT2D eigenvalue weighted by Gasteiger charge is 2.25. The fourth-order valence-electron chi connectivity index (χ4n) is 3.57. The summed E-state index contributed by atoms with van der Waals surface area (Å²) in [5.41, 5.74) is 2.27. The number of methoxy groups -OCH3 is 4. The van der Waals surface area contributed by atoms with Gasteiger partial charge in [0.2, 0.25) is 5.75 Å². The molecule has 3 rings (SSSR count). The van der Waals surface area contributed by atoms with Gasteiger partial charge in [-0.05, 0) is 57.7 Å². The lowest BCUT2D eigenvalue weighted by Gasteiger charge is -2.22. The van der Waals surface area contributed by atoms with E-state index < -0.39 is 0 Å². The number of hydrogen-bond acceptors (Lipinski definition) is 8. The van der Waals surface area contributed by atoms with Crippen molar-refractivity contribution >= 4 is 45.0 Å². The predicted octanol–water partition coefficient (Wildman–Crippen LogP) is 4.66. The summed E-state index contributed by atoms with van der Waals surface area (Å²) in [5.74, 6) is 1.79. The van der Waals surface area contributed by atoms with Crippen LogP contribution >= 0.6 is 23.7 Å². The van der Waals surface area contributed by atoms with E-state index in [1.807, 2.05) is 33.2 Å². The monoisotopic (exact) mass is 509 g/mol. The van der Waals surface area contributed by atoms with E-state index in [0.29, 0.717) is 40.2 Å². The van der Waals surface area contributed by atoms with E-state index in [2.05, 4.69) is 4.90 Å². The summed E-state index contributed by atoms with van der Waals surface area (Å²) in [6.07, 6.45) is 0.787. The molecule has 34 heavy (non-hydrogen) atoms. The van der Waals surface area contributed by atoms with Crippen LogP contribution in [0.5, 0.6) is 23.0 Å². The standard InChI is InChI=1S/C24H31N3O5S.ClH/c1-15-9-10-17(29-4)20-22(15)33-24(25-20)27(12-8-11-26(2)3)23(28)16-13-18(30-5)21(32-7)19(14-16)31-6;/h9-10,13-14H,8,11-12H2,1-7H3;1H. The van der Waals surface area contributed by atoms with Crippen molar-refractivity contribution in [3.8, 4) is 23.0 Å². The molecule has 1 aromatic heterocycles. The second-order valence-corrected chi connectivity index (χ2v) is 8.76. The van der Waals surface area contributed by atoms with E-state index >= 15 is 0 Å². The molecule has 3 aromatic rings. The van der Waals surface area contributed by atoms with Crippen LogP contribution in [0.1, 0.15) is 22.3 Å². The first kappa shape index (κ1) is 27.5. The number of benzene rings is 2. The summed E-state index contributed by atoms with van der Waals surface area (Å²) in [4.78, 5) is 22.4. The molecule has 0 saturated heterocycles. The molecule has 186 valence electrons. The zero-order chi connectivity index (χ0) is 24.1. The van der Waals surface area contributed by atoms with Crippen LogP contribution in [-0.2, 0) is 0 Å². The Morgan fingerprint density at radius 3 is 2.09 bits per heavy atom. The van der Waals surface area contributed by atoms with Crippen LogP contribution in [0.4, 0.5) is 5.13 Å². The number of carbonyl (C=O) groups excluding carboxylic acids is 1. The summed E-state index contributed by atoms with van der Waals surface area (Å²) in [5, 5.41) is 0.620. The molecule has 0 aliphatic rings. The second kappa shape index (κ2) is 12.1. The Hall–Kier alpha value is -2.75. The highest BCUT2D eigenvalue weighted by atomic mass is 35.5. The third kappa shape index (κ3) is 5.65. The van der Waals surface area contributed by atoms with Crippen LogP contribution < -0.4 is 23.8 Å². The topological polar surface area (TPSA) is 73.4 Å². The number of aromatic nitrogens is 1. The van der Waals surface area contributed by atoms with Gasteiger partial charge in [-0.25, -0.2) is 4.98 Å². The number of fused-ring (bicyclic) bond motifs is 1. The highest BCUT2D eigenvalue weighted by Crippen LogP contribution is 2.40. The largest absolute Gasteiger partial charge is 0.494 e. The number of rotatable bonds is 10. The van der Waals surface area contributed by atoms with Gasteiger partial charge in [0.1, 0.15) is 11.3 Å². The lowest BCUT2D eigenvalue weighted by Crippen LogP contribution is -2.33. The molecule has 1 heterocycles. The number of hydrogen-bond donors (Lipinski definition) is 0. The van der Waals surface area contributed by atoms with Crippen molar-refractivity contribution in [3.05, 3.63) is 35.4 Å². The van der Waals surface area contributed by atoms with E-state index in [0.717, 1.165) is 28.7 Å². The van der Waals surface area contributed by atoms with Crippen molar-refractivity contribution in [2.24, 2.45) is 0 Å². The number of anilines is 1. The Kier molecular flexibility index (Phi) is 9.78. The van der Waals surface area contributed by atoms with Crippen LogP contribution in [-0.4, -0.2) is 71.4 Å². The summed E-state index contributed by atoms with van der Waals surface area (Å²) in [6.45, 7) is 3.38. The van der Waals surface area contributed by atoms with Crippen LogP contribution in [0.2, 0.25) is 0 Å². The first-order valence-electron chi connectivity index (χ1n) is 10.5. The smallest absolute Gasteiger partial charge is 0.260 e. The van der Waals surface area contributed by atoms with E-state index in [1.54, 1.807) is 24.1 Å². The molecule has 0 N–H and O–H groups in total. The predicted molar refractivity (Wildman–Crippen MR) is 139 cm³/mol. The molecule has 0 spiro atoms. The highest BCUT2D eigenvalue weighted by molar-refractivity contribution is 7.22. The number of thiazole rings is 1. The van der Waals surface area contributed by atoms with Crippen molar-refractivity contribution in [2.75, 3.05) is 60.5 Å². The van der Waals surface area contributed by atoms with Crippen molar-refractivity contribution < 1.29 is 23.7 Å². The van der Waals surface area contributed by atoms with Gasteiger partial charge in [0.25, 0.3) is 5.91 Å². The van der Waals surface area contributed by atoms with Crippen LogP contribution in [0.15, 0.2) is 24.3 Å². The van der Waals surface area contributed by atoms with Crippen molar-refractivity contribution in [2.45, 2.75) is 13.3 Å². The zero-order valence-electron chi connectivity index (χ0n) is 20.6. The first-order valence-corrected chi connectivity index (χ1v) is 11.4. The number of ether oxygens (including phenoxy) is 4. The number of nitrogens with zero attached hydrogens (tertiary/aromatic N) is 3. The summed E-state index contributed by atoms with van der Waals surface area (Å²) in [6, 6.07) is 7.24. The lowest BCUT2D eigenvalue weighted by atomic mass is 10.1.